The number of hydrogen-bond donors (Lipinski definition) is 3. The molecule has 35 heavy (non-hydrogen) atoms. The van der Waals surface area contributed by atoms with Gasteiger partial charge in [-0.25, -0.2) is 4.39 Å². The number of carbonyl (C=O) groups is 3. The van der Waals surface area contributed by atoms with Gasteiger partial charge in [0.05, 0.1) is 12.3 Å². The molecule has 1 heterocycles. The van der Waals surface area contributed by atoms with E-state index in [2.05, 4.69) is 9.69 Å². The number of nitrogen functional groups attached to an aromatic ring is 1. The van der Waals surface area contributed by atoms with Gasteiger partial charge in [0, 0.05) is 19.3 Å². The molecule has 0 spiro atoms. The lowest BCUT2D eigenvalue weighted by molar-refractivity contribution is -0.122. The molecule has 0 bridgehead atoms. The zero-order valence-electron chi connectivity index (χ0n) is 19.5. The minimum atomic E-state index is -1.19. The Balaban J connectivity index is 2.21. The highest BCUT2D eigenvalue weighted by molar-refractivity contribution is 7.09. The second-order valence-electron chi connectivity index (χ2n) is 7.90. The number of nitrogens with zero attached hydrogens (tertiary/aromatic N) is 2. The molecule has 1 atom stereocenters. The van der Waals surface area contributed by atoms with Crippen LogP contribution in [0.4, 0.5) is 15.8 Å². The summed E-state index contributed by atoms with van der Waals surface area (Å²) in [6, 6.07) is 9.51. The number of halogens is 1. The third kappa shape index (κ3) is 5.81. The maximum atomic E-state index is 13.9. The Bertz CT molecular complexity index is 1220. The number of anilines is 2. The van der Waals surface area contributed by atoms with E-state index in [1.807, 2.05) is 19.9 Å². The van der Waals surface area contributed by atoms with Crippen molar-refractivity contribution in [3.63, 3.8) is 0 Å². The number of ether oxygens (including phenoxy) is 1. The lowest BCUT2D eigenvalue weighted by atomic mass is 10.0. The fraction of sp³-hybridized carbons (Fsp3) is 0.250. The highest BCUT2D eigenvalue weighted by atomic mass is 32.1. The molecule has 0 unspecified atom stereocenters. The predicted molar refractivity (Wildman–Crippen MR) is 132 cm³/mol. The van der Waals surface area contributed by atoms with E-state index in [0.717, 1.165) is 11.1 Å². The van der Waals surface area contributed by atoms with Crippen LogP contribution in [0.5, 0.6) is 0 Å². The fourth-order valence-electron chi connectivity index (χ4n) is 3.65. The van der Waals surface area contributed by atoms with E-state index in [4.69, 9.17) is 16.2 Å². The number of hydrogen-bond acceptors (Lipinski definition) is 7. The van der Waals surface area contributed by atoms with Gasteiger partial charge < -0.3 is 21.5 Å². The second kappa shape index (κ2) is 11.1. The average molecular weight is 500 g/mol. The number of carbonyl (C=O) groups excluding carboxylic acids is 3. The number of nitrogens with one attached hydrogen (secondary N) is 1. The molecule has 0 aliphatic rings. The van der Waals surface area contributed by atoms with Crippen molar-refractivity contribution in [2.45, 2.75) is 19.9 Å². The topological polar surface area (TPSA) is 141 Å². The van der Waals surface area contributed by atoms with Crippen LogP contribution < -0.4 is 21.7 Å². The Morgan fingerprint density at radius 2 is 1.77 bits per heavy atom. The number of aryl methyl sites for hydroxylation is 2. The number of methoxy groups -OCH3 is 1. The molecule has 11 heteroatoms. The lowest BCUT2D eigenvalue weighted by Gasteiger charge is -2.31. The molecule has 1 aromatic heterocycles. The van der Waals surface area contributed by atoms with Crippen LogP contribution in [0.3, 0.4) is 0 Å². The first kappa shape index (κ1) is 25.8. The van der Waals surface area contributed by atoms with Crippen molar-refractivity contribution < 1.29 is 23.5 Å². The average Bonchev–Trinajstić information content (AvgIpc) is 3.18. The molecule has 3 aromatic rings. The third-order valence-electron chi connectivity index (χ3n) is 5.16. The van der Waals surface area contributed by atoms with Crippen LogP contribution in [0.25, 0.3) is 0 Å². The normalized spacial score (nSPS) is 11.7. The van der Waals surface area contributed by atoms with E-state index in [1.54, 1.807) is 12.1 Å². The van der Waals surface area contributed by atoms with E-state index in [9.17, 15) is 18.8 Å². The van der Waals surface area contributed by atoms with Crippen molar-refractivity contribution >= 4 is 40.6 Å². The van der Waals surface area contributed by atoms with E-state index in [0.29, 0.717) is 22.8 Å². The monoisotopic (exact) mass is 499 g/mol. The highest BCUT2D eigenvalue weighted by Crippen LogP contribution is 2.34. The second-order valence-corrected chi connectivity index (χ2v) is 8.67. The van der Waals surface area contributed by atoms with E-state index in [1.165, 1.54) is 36.3 Å². The maximum Gasteiger partial charge on any atom is 0.273 e. The molecular weight excluding hydrogens is 473 g/mol. The standard InChI is InChI=1S/C24H26FN5O4S/c1-13-10-14(2)12-17(11-13)30(24(33)21-18(26)19(22(27)31)29-35-21)20(23(32)28-8-9-34-3)15-4-6-16(25)7-5-15/h4-7,10-12,20H,8-9,26H2,1-3H3,(H2,27,31)(H,28,32)/t20-/m1/s1. The lowest BCUT2D eigenvalue weighted by Crippen LogP contribution is -2.44. The Morgan fingerprint density at radius 1 is 1.14 bits per heavy atom. The quantitative estimate of drug-likeness (QED) is 0.387. The van der Waals surface area contributed by atoms with Gasteiger partial charge in [0.15, 0.2) is 5.69 Å². The first-order valence-corrected chi connectivity index (χ1v) is 11.4. The van der Waals surface area contributed by atoms with Crippen LogP contribution in [-0.2, 0) is 9.53 Å². The van der Waals surface area contributed by atoms with Crippen LogP contribution >= 0.6 is 11.5 Å². The number of primary amides is 1. The summed E-state index contributed by atoms with van der Waals surface area (Å²) in [6.07, 6.45) is 0. The van der Waals surface area contributed by atoms with Gasteiger partial charge in [-0.05, 0) is 66.3 Å². The molecule has 0 fully saturated rings. The third-order valence-corrected chi connectivity index (χ3v) is 6.01. The first-order chi connectivity index (χ1) is 16.6. The van der Waals surface area contributed by atoms with Crippen molar-refractivity contribution in [1.29, 1.82) is 0 Å². The molecule has 184 valence electrons. The van der Waals surface area contributed by atoms with E-state index in [-0.39, 0.29) is 29.4 Å². The van der Waals surface area contributed by atoms with Crippen LogP contribution in [0, 0.1) is 19.7 Å². The molecule has 2 aromatic carbocycles. The van der Waals surface area contributed by atoms with Crippen molar-refractivity contribution in [1.82, 2.24) is 9.69 Å². The Morgan fingerprint density at radius 3 is 2.31 bits per heavy atom. The zero-order chi connectivity index (χ0) is 25.7. The highest BCUT2D eigenvalue weighted by Gasteiger charge is 2.36. The van der Waals surface area contributed by atoms with Crippen LogP contribution in [0.1, 0.15) is 42.9 Å². The Hall–Kier alpha value is -3.83. The van der Waals surface area contributed by atoms with E-state index >= 15 is 0 Å². The van der Waals surface area contributed by atoms with Gasteiger partial charge >= 0.3 is 0 Å². The van der Waals surface area contributed by atoms with Crippen LogP contribution in [-0.4, -0.2) is 42.4 Å². The molecule has 3 amide bonds. The number of rotatable bonds is 9. The summed E-state index contributed by atoms with van der Waals surface area (Å²) in [4.78, 5) is 40.3. The molecule has 3 rings (SSSR count). The predicted octanol–water partition coefficient (Wildman–Crippen LogP) is 2.73. The summed E-state index contributed by atoms with van der Waals surface area (Å²) in [5.74, 6) is -2.54. The molecule has 0 aliphatic carbocycles. The SMILES string of the molecule is COCCNC(=O)[C@@H](c1ccc(F)cc1)N(C(=O)c1snc(C(N)=O)c1N)c1cc(C)cc(C)c1. The Labute approximate surface area is 206 Å². The smallest absolute Gasteiger partial charge is 0.273 e. The van der Waals surface area contributed by atoms with Crippen molar-refractivity contribution in [2.75, 3.05) is 30.9 Å². The molecule has 0 saturated carbocycles. The Kier molecular flexibility index (Phi) is 8.15. The number of aromatic nitrogens is 1. The van der Waals surface area contributed by atoms with Crippen molar-refractivity contribution in [2.24, 2.45) is 5.73 Å². The van der Waals surface area contributed by atoms with Gasteiger partial charge in [-0.15, -0.1) is 0 Å². The fourth-order valence-corrected chi connectivity index (χ4v) is 4.39. The molecule has 5 N–H and O–H groups in total. The van der Waals surface area contributed by atoms with Gasteiger partial charge in [-0.1, -0.05) is 18.2 Å². The molecule has 0 saturated heterocycles. The molecule has 0 radical (unpaired) electrons. The van der Waals surface area contributed by atoms with Crippen LogP contribution in [0.15, 0.2) is 42.5 Å². The molecule has 0 aliphatic heterocycles. The van der Waals surface area contributed by atoms with Gasteiger partial charge in [0.2, 0.25) is 5.91 Å². The minimum Gasteiger partial charge on any atom is -0.395 e. The van der Waals surface area contributed by atoms with Gasteiger partial charge in [-0.3, -0.25) is 19.3 Å². The van der Waals surface area contributed by atoms with Gasteiger partial charge in [-0.2, -0.15) is 4.37 Å². The van der Waals surface area contributed by atoms with Crippen LogP contribution in [0.2, 0.25) is 0 Å². The number of nitrogens with two attached hydrogens (primary N) is 2. The van der Waals surface area contributed by atoms with Crippen molar-refractivity contribution in [3.05, 3.63) is 75.5 Å². The zero-order valence-corrected chi connectivity index (χ0v) is 20.3. The largest absolute Gasteiger partial charge is 0.395 e. The summed E-state index contributed by atoms with van der Waals surface area (Å²) >= 11 is 0.713. The summed E-state index contributed by atoms with van der Waals surface area (Å²) < 4.78 is 22.7. The van der Waals surface area contributed by atoms with Gasteiger partial charge in [0.25, 0.3) is 11.8 Å². The minimum absolute atomic E-state index is 0.0465. The molecule has 9 nitrogen and oxygen atoms in total. The van der Waals surface area contributed by atoms with Gasteiger partial charge in [0.1, 0.15) is 16.7 Å². The first-order valence-electron chi connectivity index (χ1n) is 10.6. The number of amides is 3. The summed E-state index contributed by atoms with van der Waals surface area (Å²) in [6.45, 7) is 4.16. The summed E-state index contributed by atoms with van der Waals surface area (Å²) in [5, 5.41) is 2.75. The number of benzene rings is 2. The van der Waals surface area contributed by atoms with Crippen molar-refractivity contribution in [3.8, 4) is 0 Å². The maximum absolute atomic E-state index is 13.9. The molecular formula is C24H26FN5O4S. The van der Waals surface area contributed by atoms with E-state index < -0.39 is 29.6 Å². The summed E-state index contributed by atoms with van der Waals surface area (Å²) in [7, 11) is 1.50. The summed E-state index contributed by atoms with van der Waals surface area (Å²) in [5.41, 5.74) is 13.5.